The summed E-state index contributed by atoms with van der Waals surface area (Å²) in [6.07, 6.45) is 5.83. The Hall–Kier alpha value is -0.900. The highest BCUT2D eigenvalue weighted by molar-refractivity contribution is 5.00. The zero-order valence-corrected chi connectivity index (χ0v) is 6.38. The number of aromatic nitrogens is 3. The lowest BCUT2D eigenvalue weighted by Crippen LogP contribution is -2.22. The number of H-pyrrole nitrogens is 1. The number of aromatic amines is 1. The largest absolute Gasteiger partial charge is 0.325 e. The lowest BCUT2D eigenvalue weighted by molar-refractivity contribution is 0.597. The number of rotatable bonds is 3. The fourth-order valence-electron chi connectivity index (χ4n) is 1.13. The third kappa shape index (κ3) is 1.57. The van der Waals surface area contributed by atoms with Crippen LogP contribution in [0.4, 0.5) is 0 Å². The Labute approximate surface area is 65.2 Å². The second-order valence-electron chi connectivity index (χ2n) is 3.29. The Morgan fingerprint density at radius 2 is 2.45 bits per heavy atom. The van der Waals surface area contributed by atoms with Gasteiger partial charge in [0.05, 0.1) is 0 Å². The standard InChI is InChI=1S/C7H12N4/c8-7(3-4-7)2-1-6-9-5-10-11-6/h5H,1-4,8H2,(H,9,10,11). The molecule has 1 aliphatic carbocycles. The van der Waals surface area contributed by atoms with E-state index in [0.29, 0.717) is 0 Å². The van der Waals surface area contributed by atoms with Gasteiger partial charge in [-0.15, -0.1) is 0 Å². The van der Waals surface area contributed by atoms with Crippen LogP contribution in [-0.4, -0.2) is 20.7 Å². The summed E-state index contributed by atoms with van der Waals surface area (Å²) in [4.78, 5) is 4.02. The van der Waals surface area contributed by atoms with Crippen molar-refractivity contribution in [1.82, 2.24) is 15.2 Å². The maximum Gasteiger partial charge on any atom is 0.137 e. The molecular formula is C7H12N4. The lowest BCUT2D eigenvalue weighted by atomic mass is 10.1. The maximum atomic E-state index is 5.90. The summed E-state index contributed by atoms with van der Waals surface area (Å²) in [5, 5.41) is 6.59. The molecule has 0 aromatic carbocycles. The van der Waals surface area contributed by atoms with Crippen LogP contribution in [0.2, 0.25) is 0 Å². The molecule has 1 aromatic rings. The van der Waals surface area contributed by atoms with Gasteiger partial charge in [0.2, 0.25) is 0 Å². The van der Waals surface area contributed by atoms with Crippen LogP contribution in [0.5, 0.6) is 0 Å². The van der Waals surface area contributed by atoms with E-state index in [9.17, 15) is 0 Å². The molecule has 1 fully saturated rings. The second kappa shape index (κ2) is 2.30. The number of nitrogens with zero attached hydrogens (tertiary/aromatic N) is 2. The number of nitrogens with two attached hydrogens (primary N) is 1. The van der Waals surface area contributed by atoms with Crippen LogP contribution >= 0.6 is 0 Å². The van der Waals surface area contributed by atoms with Gasteiger partial charge in [0.1, 0.15) is 12.2 Å². The van der Waals surface area contributed by atoms with Crippen LogP contribution < -0.4 is 5.73 Å². The molecule has 0 saturated heterocycles. The summed E-state index contributed by atoms with van der Waals surface area (Å²) < 4.78 is 0. The Morgan fingerprint density at radius 1 is 1.64 bits per heavy atom. The minimum Gasteiger partial charge on any atom is -0.325 e. The van der Waals surface area contributed by atoms with Crippen molar-refractivity contribution < 1.29 is 0 Å². The third-order valence-corrected chi connectivity index (χ3v) is 2.22. The van der Waals surface area contributed by atoms with E-state index in [1.54, 1.807) is 0 Å². The molecule has 4 nitrogen and oxygen atoms in total. The first-order valence-corrected chi connectivity index (χ1v) is 3.92. The molecule has 1 saturated carbocycles. The van der Waals surface area contributed by atoms with E-state index in [1.807, 2.05) is 0 Å². The van der Waals surface area contributed by atoms with Gasteiger partial charge in [0.25, 0.3) is 0 Å². The molecule has 11 heavy (non-hydrogen) atoms. The van der Waals surface area contributed by atoms with E-state index in [1.165, 1.54) is 19.2 Å². The average molecular weight is 152 g/mol. The van der Waals surface area contributed by atoms with Gasteiger partial charge in [-0.2, -0.15) is 5.10 Å². The van der Waals surface area contributed by atoms with Crippen LogP contribution in [0.1, 0.15) is 25.1 Å². The highest BCUT2D eigenvalue weighted by Gasteiger charge is 2.37. The molecule has 0 amide bonds. The average Bonchev–Trinajstić information content (AvgIpc) is 2.53. The lowest BCUT2D eigenvalue weighted by Gasteiger charge is -2.04. The van der Waals surface area contributed by atoms with Crippen molar-refractivity contribution in [1.29, 1.82) is 0 Å². The predicted molar refractivity (Wildman–Crippen MR) is 40.9 cm³/mol. The monoisotopic (exact) mass is 152 g/mol. The molecule has 2 rings (SSSR count). The van der Waals surface area contributed by atoms with E-state index in [2.05, 4.69) is 15.2 Å². The molecule has 1 heterocycles. The molecule has 0 radical (unpaired) electrons. The van der Waals surface area contributed by atoms with Crippen molar-refractivity contribution in [3.63, 3.8) is 0 Å². The third-order valence-electron chi connectivity index (χ3n) is 2.22. The summed E-state index contributed by atoms with van der Waals surface area (Å²) in [6, 6.07) is 0. The Morgan fingerprint density at radius 3 is 3.00 bits per heavy atom. The van der Waals surface area contributed by atoms with Crippen molar-refractivity contribution in [2.75, 3.05) is 0 Å². The summed E-state index contributed by atoms with van der Waals surface area (Å²) in [5.41, 5.74) is 6.03. The van der Waals surface area contributed by atoms with Gasteiger partial charge < -0.3 is 5.73 Å². The van der Waals surface area contributed by atoms with E-state index in [0.717, 1.165) is 18.7 Å². The molecule has 0 aliphatic heterocycles. The highest BCUT2D eigenvalue weighted by Crippen LogP contribution is 2.36. The zero-order chi connectivity index (χ0) is 7.73. The quantitative estimate of drug-likeness (QED) is 0.651. The summed E-state index contributed by atoms with van der Waals surface area (Å²) in [7, 11) is 0. The van der Waals surface area contributed by atoms with Gasteiger partial charge in [0, 0.05) is 12.0 Å². The van der Waals surface area contributed by atoms with Crippen LogP contribution in [-0.2, 0) is 6.42 Å². The maximum absolute atomic E-state index is 5.90. The molecular weight excluding hydrogens is 140 g/mol. The topological polar surface area (TPSA) is 67.6 Å². The van der Waals surface area contributed by atoms with Crippen molar-refractivity contribution in [3.05, 3.63) is 12.2 Å². The second-order valence-corrected chi connectivity index (χ2v) is 3.29. The molecule has 0 atom stereocenters. The molecule has 0 unspecified atom stereocenters. The van der Waals surface area contributed by atoms with Crippen molar-refractivity contribution in [2.45, 2.75) is 31.2 Å². The molecule has 0 spiro atoms. The van der Waals surface area contributed by atoms with Gasteiger partial charge in [-0.05, 0) is 19.3 Å². The summed E-state index contributed by atoms with van der Waals surface area (Å²) in [6.45, 7) is 0. The Kier molecular flexibility index (Phi) is 1.42. The minimum absolute atomic E-state index is 0.132. The van der Waals surface area contributed by atoms with Crippen molar-refractivity contribution in [3.8, 4) is 0 Å². The van der Waals surface area contributed by atoms with E-state index in [-0.39, 0.29) is 5.54 Å². The molecule has 1 aromatic heterocycles. The number of hydrogen-bond acceptors (Lipinski definition) is 3. The molecule has 3 N–H and O–H groups in total. The van der Waals surface area contributed by atoms with Crippen LogP contribution in [0.25, 0.3) is 0 Å². The fourth-order valence-corrected chi connectivity index (χ4v) is 1.13. The highest BCUT2D eigenvalue weighted by atomic mass is 15.2. The summed E-state index contributed by atoms with van der Waals surface area (Å²) >= 11 is 0. The van der Waals surface area contributed by atoms with Crippen molar-refractivity contribution >= 4 is 0 Å². The van der Waals surface area contributed by atoms with Crippen LogP contribution in [0.3, 0.4) is 0 Å². The Bertz CT molecular complexity index is 225. The van der Waals surface area contributed by atoms with Gasteiger partial charge >= 0.3 is 0 Å². The minimum atomic E-state index is 0.132. The van der Waals surface area contributed by atoms with Gasteiger partial charge in [-0.25, -0.2) is 4.98 Å². The smallest absolute Gasteiger partial charge is 0.137 e. The molecule has 4 heteroatoms. The predicted octanol–water partition coefficient (Wildman–Crippen LogP) is 0.229. The first-order valence-electron chi connectivity index (χ1n) is 3.92. The molecule has 0 bridgehead atoms. The van der Waals surface area contributed by atoms with E-state index >= 15 is 0 Å². The number of nitrogens with one attached hydrogen (secondary N) is 1. The Balaban J connectivity index is 1.83. The van der Waals surface area contributed by atoms with Gasteiger partial charge in [-0.1, -0.05) is 0 Å². The van der Waals surface area contributed by atoms with Crippen LogP contribution in [0, 0.1) is 0 Å². The SMILES string of the molecule is NC1(CCc2ncn[nH]2)CC1. The molecule has 60 valence electrons. The van der Waals surface area contributed by atoms with E-state index in [4.69, 9.17) is 5.73 Å². The summed E-state index contributed by atoms with van der Waals surface area (Å²) in [5.74, 6) is 0.946. The number of aryl methyl sites for hydroxylation is 1. The van der Waals surface area contributed by atoms with Gasteiger partial charge in [-0.3, -0.25) is 5.10 Å². The normalized spacial score (nSPS) is 20.1. The first-order chi connectivity index (χ1) is 5.29. The first kappa shape index (κ1) is 6.79. The van der Waals surface area contributed by atoms with E-state index < -0.39 is 0 Å². The number of hydrogen-bond donors (Lipinski definition) is 2. The van der Waals surface area contributed by atoms with Crippen molar-refractivity contribution in [2.24, 2.45) is 5.73 Å². The fraction of sp³-hybridized carbons (Fsp3) is 0.714. The zero-order valence-electron chi connectivity index (χ0n) is 6.38. The van der Waals surface area contributed by atoms with Gasteiger partial charge in [0.15, 0.2) is 0 Å². The van der Waals surface area contributed by atoms with Crippen LogP contribution in [0.15, 0.2) is 6.33 Å². The molecule has 1 aliphatic rings.